The Kier molecular flexibility index (Phi) is 9.51. The van der Waals surface area contributed by atoms with Crippen molar-refractivity contribution in [1.82, 2.24) is 15.6 Å². The van der Waals surface area contributed by atoms with Gasteiger partial charge in [-0.25, -0.2) is 10.2 Å². The zero-order chi connectivity index (χ0) is 28.3. The Labute approximate surface area is 233 Å². The first kappa shape index (κ1) is 27.9. The molecule has 4 rings (SSSR count). The number of benzene rings is 3. The minimum absolute atomic E-state index is 0.179. The summed E-state index contributed by atoms with van der Waals surface area (Å²) >= 11 is 1.14. The molecule has 204 valence electrons. The highest BCUT2D eigenvalue weighted by Crippen LogP contribution is 2.29. The van der Waals surface area contributed by atoms with Crippen LogP contribution in [0.25, 0.3) is 10.6 Å². The van der Waals surface area contributed by atoms with E-state index in [9.17, 15) is 14.4 Å². The molecule has 0 saturated heterocycles. The summed E-state index contributed by atoms with van der Waals surface area (Å²) in [5.41, 5.74) is 3.87. The van der Waals surface area contributed by atoms with Gasteiger partial charge in [-0.2, -0.15) is 5.10 Å². The number of carbonyl (C=O) groups is 3. The summed E-state index contributed by atoms with van der Waals surface area (Å²) < 4.78 is 16.3. The quantitative estimate of drug-likeness (QED) is 0.0963. The van der Waals surface area contributed by atoms with Crippen molar-refractivity contribution in [2.24, 2.45) is 5.10 Å². The van der Waals surface area contributed by atoms with Crippen molar-refractivity contribution < 1.29 is 28.6 Å². The third-order valence-electron chi connectivity index (χ3n) is 5.21. The molecule has 12 heteroatoms. The Balaban J connectivity index is 1.31. The van der Waals surface area contributed by atoms with Crippen LogP contribution in [-0.4, -0.2) is 47.9 Å². The molecular formula is C28H25N5O6S. The Morgan fingerprint density at radius 2 is 1.73 bits per heavy atom. The molecule has 0 aliphatic heterocycles. The summed E-state index contributed by atoms with van der Waals surface area (Å²) in [6.45, 7) is 2.60. The summed E-state index contributed by atoms with van der Waals surface area (Å²) in [4.78, 5) is 36.9. The number of aromatic nitrogens is 2. The average molecular weight is 560 g/mol. The normalized spacial score (nSPS) is 10.7. The van der Waals surface area contributed by atoms with Crippen LogP contribution in [0.4, 0.5) is 5.13 Å². The number of nitrogens with zero attached hydrogens (tertiary/aromatic N) is 3. The van der Waals surface area contributed by atoms with Crippen LogP contribution in [0.2, 0.25) is 0 Å². The van der Waals surface area contributed by atoms with Crippen LogP contribution < -0.4 is 25.0 Å². The van der Waals surface area contributed by atoms with Gasteiger partial charge < -0.3 is 14.2 Å². The second-order valence-electron chi connectivity index (χ2n) is 8.10. The second-order valence-corrected chi connectivity index (χ2v) is 9.08. The van der Waals surface area contributed by atoms with Crippen LogP contribution >= 0.6 is 11.3 Å². The first-order chi connectivity index (χ1) is 19.5. The van der Waals surface area contributed by atoms with Crippen molar-refractivity contribution >= 4 is 40.5 Å². The molecule has 0 radical (unpaired) electrons. The fourth-order valence-corrected chi connectivity index (χ4v) is 4.00. The molecule has 4 aromatic rings. The lowest BCUT2D eigenvalue weighted by Gasteiger charge is -2.10. The molecule has 1 aromatic heterocycles. The summed E-state index contributed by atoms with van der Waals surface area (Å²) in [6, 6.07) is 20.7. The smallest absolute Gasteiger partial charge is 0.343 e. The molecule has 11 nitrogen and oxygen atoms in total. The Morgan fingerprint density at radius 3 is 2.45 bits per heavy atom. The fourth-order valence-electron chi connectivity index (χ4n) is 3.26. The summed E-state index contributed by atoms with van der Waals surface area (Å²) in [6.07, 6.45) is 2.19. The number of nitrogens with one attached hydrogen (secondary N) is 2. The maximum atomic E-state index is 12.6. The maximum absolute atomic E-state index is 12.6. The molecule has 3 aromatic carbocycles. The van der Waals surface area contributed by atoms with Gasteiger partial charge in [0, 0.05) is 5.56 Å². The molecule has 0 saturated carbocycles. The van der Waals surface area contributed by atoms with E-state index < -0.39 is 17.8 Å². The highest BCUT2D eigenvalue weighted by atomic mass is 32.1. The van der Waals surface area contributed by atoms with Gasteiger partial charge in [0.2, 0.25) is 5.13 Å². The fraction of sp³-hybridized carbons (Fsp3) is 0.143. The first-order valence-corrected chi connectivity index (χ1v) is 12.9. The van der Waals surface area contributed by atoms with Gasteiger partial charge in [-0.1, -0.05) is 48.6 Å². The van der Waals surface area contributed by atoms with E-state index in [1.165, 1.54) is 19.4 Å². The van der Waals surface area contributed by atoms with E-state index in [-0.39, 0.29) is 16.6 Å². The number of carbonyl (C=O) groups excluding carboxylic acids is 3. The molecule has 0 unspecified atom stereocenters. The van der Waals surface area contributed by atoms with E-state index in [1.807, 2.05) is 37.3 Å². The number of hydrazone groups is 1. The molecule has 0 atom stereocenters. The van der Waals surface area contributed by atoms with Crippen molar-refractivity contribution in [2.45, 2.75) is 13.3 Å². The number of methoxy groups -OCH3 is 1. The van der Waals surface area contributed by atoms with Crippen LogP contribution in [-0.2, 0) is 9.59 Å². The van der Waals surface area contributed by atoms with Gasteiger partial charge >= 0.3 is 17.8 Å². The van der Waals surface area contributed by atoms with Gasteiger partial charge in [-0.05, 0) is 54.4 Å². The van der Waals surface area contributed by atoms with Crippen LogP contribution in [0, 0.1) is 0 Å². The van der Waals surface area contributed by atoms with Crippen molar-refractivity contribution in [2.75, 3.05) is 19.0 Å². The zero-order valence-electron chi connectivity index (χ0n) is 21.6. The number of esters is 1. The minimum atomic E-state index is -0.990. The van der Waals surface area contributed by atoms with E-state index in [4.69, 9.17) is 14.2 Å². The number of ether oxygens (including phenoxy) is 3. The molecule has 0 spiro atoms. The topological polar surface area (TPSA) is 141 Å². The minimum Gasteiger partial charge on any atom is -0.494 e. The molecule has 0 bridgehead atoms. The molecule has 0 aliphatic carbocycles. The SMILES string of the molecule is CCCOc1ccc(C(=O)Oc2ccc(/C=N\NC(=O)C(=O)Nc3nnc(-c4ccccc4)s3)cc2OC)cc1. The van der Waals surface area contributed by atoms with Crippen molar-refractivity contribution in [3.63, 3.8) is 0 Å². The third-order valence-corrected chi connectivity index (χ3v) is 6.09. The highest BCUT2D eigenvalue weighted by molar-refractivity contribution is 7.18. The predicted molar refractivity (Wildman–Crippen MR) is 150 cm³/mol. The molecule has 2 N–H and O–H groups in total. The Hall–Kier alpha value is -5.10. The zero-order valence-corrected chi connectivity index (χ0v) is 22.4. The molecule has 2 amide bonds. The van der Waals surface area contributed by atoms with E-state index in [0.29, 0.717) is 28.5 Å². The Morgan fingerprint density at radius 1 is 0.950 bits per heavy atom. The number of hydrogen-bond acceptors (Lipinski definition) is 10. The molecule has 40 heavy (non-hydrogen) atoms. The lowest BCUT2D eigenvalue weighted by Crippen LogP contribution is -2.32. The predicted octanol–water partition coefficient (Wildman–Crippen LogP) is 4.31. The van der Waals surface area contributed by atoms with E-state index >= 15 is 0 Å². The van der Waals surface area contributed by atoms with Gasteiger partial charge in [0.25, 0.3) is 0 Å². The lowest BCUT2D eigenvalue weighted by molar-refractivity contribution is -0.136. The maximum Gasteiger partial charge on any atom is 0.343 e. The van der Waals surface area contributed by atoms with E-state index in [0.717, 1.165) is 23.3 Å². The van der Waals surface area contributed by atoms with Crippen molar-refractivity contribution in [1.29, 1.82) is 0 Å². The Bertz CT molecular complexity index is 1510. The second kappa shape index (κ2) is 13.6. The van der Waals surface area contributed by atoms with Crippen LogP contribution in [0.15, 0.2) is 77.9 Å². The highest BCUT2D eigenvalue weighted by Gasteiger charge is 2.17. The van der Waals surface area contributed by atoms with Gasteiger partial charge in [0.15, 0.2) is 11.5 Å². The van der Waals surface area contributed by atoms with E-state index in [2.05, 4.69) is 26.0 Å². The number of amides is 2. The lowest BCUT2D eigenvalue weighted by atomic mass is 10.2. The van der Waals surface area contributed by atoms with Crippen molar-refractivity contribution in [3.8, 4) is 27.8 Å². The number of hydrogen-bond donors (Lipinski definition) is 2. The molecule has 0 aliphatic rings. The van der Waals surface area contributed by atoms with Gasteiger partial charge in [-0.15, -0.1) is 10.2 Å². The van der Waals surface area contributed by atoms with Crippen LogP contribution in [0.1, 0.15) is 29.3 Å². The number of rotatable bonds is 10. The summed E-state index contributed by atoms with van der Waals surface area (Å²) in [7, 11) is 1.43. The van der Waals surface area contributed by atoms with Gasteiger partial charge in [0.05, 0.1) is 25.5 Å². The summed E-state index contributed by atoms with van der Waals surface area (Å²) in [5, 5.41) is 14.9. The number of anilines is 1. The average Bonchev–Trinajstić information content (AvgIpc) is 3.45. The molecular weight excluding hydrogens is 534 g/mol. The largest absolute Gasteiger partial charge is 0.494 e. The van der Waals surface area contributed by atoms with Crippen LogP contribution in [0.3, 0.4) is 0 Å². The molecule has 0 fully saturated rings. The molecule has 1 heterocycles. The standard InChI is InChI=1S/C28H25N5O6S/c1-3-15-38-21-12-10-20(11-13-21)27(36)39-22-14-9-18(16-23(22)37-2)17-29-31-25(35)24(34)30-28-33-32-26(40-28)19-7-5-4-6-8-19/h4-14,16-17H,3,15H2,1-2H3,(H,31,35)(H,30,33,34)/b29-17-. The van der Waals surface area contributed by atoms with Crippen LogP contribution in [0.5, 0.6) is 17.2 Å². The first-order valence-electron chi connectivity index (χ1n) is 12.1. The monoisotopic (exact) mass is 559 g/mol. The van der Waals surface area contributed by atoms with Gasteiger partial charge in [-0.3, -0.25) is 14.9 Å². The van der Waals surface area contributed by atoms with Crippen molar-refractivity contribution in [3.05, 3.63) is 83.9 Å². The van der Waals surface area contributed by atoms with Gasteiger partial charge in [0.1, 0.15) is 10.8 Å². The third kappa shape index (κ3) is 7.48. The van der Waals surface area contributed by atoms with E-state index in [1.54, 1.807) is 36.4 Å². The summed E-state index contributed by atoms with van der Waals surface area (Å²) in [5.74, 6) is -1.36.